The molecule has 0 bridgehead atoms. The third-order valence-corrected chi connectivity index (χ3v) is 5.94. The first-order chi connectivity index (χ1) is 13.1. The van der Waals surface area contributed by atoms with Gasteiger partial charge in [0.15, 0.2) is 0 Å². The van der Waals surface area contributed by atoms with Gasteiger partial charge in [-0.05, 0) is 51.8 Å². The Balaban J connectivity index is 1.47. The van der Waals surface area contributed by atoms with Crippen molar-refractivity contribution in [2.45, 2.75) is 56.4 Å². The molecule has 1 fully saturated rings. The summed E-state index contributed by atoms with van der Waals surface area (Å²) in [6.45, 7) is 7.07. The fourth-order valence-corrected chi connectivity index (χ4v) is 4.25. The molecule has 7 heteroatoms. The fraction of sp³-hybridized carbons (Fsp3) is 0.550. The average Bonchev–Trinajstić information content (AvgIpc) is 3.10. The molecule has 0 aliphatic carbocycles. The molecule has 27 heavy (non-hydrogen) atoms. The smallest absolute Gasteiger partial charge is 0.254 e. The van der Waals surface area contributed by atoms with Gasteiger partial charge >= 0.3 is 0 Å². The molecule has 3 heterocycles. The Morgan fingerprint density at radius 3 is 3.11 bits per heavy atom. The fourth-order valence-electron chi connectivity index (χ4n) is 3.38. The zero-order valence-corrected chi connectivity index (χ0v) is 16.9. The number of carbonyl (C=O) groups is 1. The first-order valence-electron chi connectivity index (χ1n) is 9.66. The number of carbonyl (C=O) groups excluding carboxylic acids is 1. The molecular weight excluding hydrogens is 360 g/mol. The van der Waals surface area contributed by atoms with Crippen LogP contribution in [0.1, 0.15) is 54.4 Å². The van der Waals surface area contributed by atoms with Crippen molar-refractivity contribution in [3.05, 3.63) is 41.4 Å². The van der Waals surface area contributed by atoms with E-state index in [1.165, 1.54) is 37.6 Å². The molecule has 0 aromatic carbocycles. The largest absolute Gasteiger partial charge is 0.361 e. The third kappa shape index (κ3) is 5.81. The highest BCUT2D eigenvalue weighted by Gasteiger charge is 2.18. The standard InChI is InChI=1S/C20H28N4O2S/c1-15-7-3-4-11-24(15)12-6-10-21-19(25)18-8-5-9-22-20(18)27-14-17-13-16(2)26-23-17/h5,8-9,13,15H,3-4,6-7,10-12,14H2,1-2H3,(H,21,25). The Labute approximate surface area is 165 Å². The molecule has 0 radical (unpaired) electrons. The van der Waals surface area contributed by atoms with Crippen molar-refractivity contribution in [1.82, 2.24) is 20.4 Å². The molecule has 1 amide bonds. The molecule has 1 saturated heterocycles. The lowest BCUT2D eigenvalue weighted by molar-refractivity contribution is 0.0945. The van der Waals surface area contributed by atoms with Crippen LogP contribution >= 0.6 is 11.8 Å². The van der Waals surface area contributed by atoms with Gasteiger partial charge in [0.1, 0.15) is 10.8 Å². The lowest BCUT2D eigenvalue weighted by Crippen LogP contribution is -2.39. The summed E-state index contributed by atoms with van der Waals surface area (Å²) in [4.78, 5) is 19.5. The van der Waals surface area contributed by atoms with E-state index in [0.29, 0.717) is 23.9 Å². The molecule has 2 aromatic rings. The summed E-state index contributed by atoms with van der Waals surface area (Å²) < 4.78 is 5.09. The number of pyridine rings is 1. The van der Waals surface area contributed by atoms with Crippen molar-refractivity contribution in [3.8, 4) is 0 Å². The summed E-state index contributed by atoms with van der Waals surface area (Å²) in [5.41, 5.74) is 1.47. The number of hydrogen-bond acceptors (Lipinski definition) is 6. The zero-order valence-electron chi connectivity index (χ0n) is 16.1. The van der Waals surface area contributed by atoms with Crippen LogP contribution in [0, 0.1) is 6.92 Å². The number of piperidine rings is 1. The Morgan fingerprint density at radius 2 is 2.33 bits per heavy atom. The molecule has 0 saturated carbocycles. The van der Waals surface area contributed by atoms with Crippen LogP contribution in [0.25, 0.3) is 0 Å². The topological polar surface area (TPSA) is 71.3 Å². The van der Waals surface area contributed by atoms with Crippen LogP contribution in [-0.2, 0) is 5.75 Å². The molecule has 6 nitrogen and oxygen atoms in total. The number of aromatic nitrogens is 2. The van der Waals surface area contributed by atoms with Crippen LogP contribution in [0.15, 0.2) is 33.9 Å². The number of amides is 1. The molecule has 0 spiro atoms. The van der Waals surface area contributed by atoms with Crippen LogP contribution in [-0.4, -0.2) is 46.6 Å². The number of nitrogens with zero attached hydrogens (tertiary/aromatic N) is 3. The second-order valence-electron chi connectivity index (χ2n) is 7.06. The highest BCUT2D eigenvalue weighted by atomic mass is 32.2. The van der Waals surface area contributed by atoms with E-state index in [9.17, 15) is 4.79 Å². The summed E-state index contributed by atoms with van der Waals surface area (Å²) in [5, 5.41) is 7.75. The zero-order chi connectivity index (χ0) is 19.1. The van der Waals surface area contributed by atoms with E-state index in [1.54, 1.807) is 12.3 Å². The van der Waals surface area contributed by atoms with Crippen molar-refractivity contribution in [2.75, 3.05) is 19.6 Å². The molecule has 146 valence electrons. The van der Waals surface area contributed by atoms with Crippen molar-refractivity contribution in [3.63, 3.8) is 0 Å². The van der Waals surface area contributed by atoms with E-state index < -0.39 is 0 Å². The van der Waals surface area contributed by atoms with E-state index >= 15 is 0 Å². The lowest BCUT2D eigenvalue weighted by Gasteiger charge is -2.33. The molecule has 1 unspecified atom stereocenters. The van der Waals surface area contributed by atoms with Gasteiger partial charge in [0, 0.05) is 37.1 Å². The van der Waals surface area contributed by atoms with Crippen molar-refractivity contribution < 1.29 is 9.32 Å². The normalized spacial score (nSPS) is 17.8. The SMILES string of the molecule is Cc1cc(CSc2ncccc2C(=O)NCCCN2CCCCC2C)no1. The second kappa shape index (κ2) is 9.90. The summed E-state index contributed by atoms with van der Waals surface area (Å²) in [7, 11) is 0. The van der Waals surface area contributed by atoms with Gasteiger partial charge in [0.2, 0.25) is 0 Å². The number of nitrogens with one attached hydrogen (secondary N) is 1. The Morgan fingerprint density at radius 1 is 1.44 bits per heavy atom. The summed E-state index contributed by atoms with van der Waals surface area (Å²) in [6.07, 6.45) is 6.59. The quantitative estimate of drug-likeness (QED) is 0.550. The minimum Gasteiger partial charge on any atom is -0.361 e. The van der Waals surface area contributed by atoms with Gasteiger partial charge in [-0.25, -0.2) is 4.98 Å². The molecule has 1 N–H and O–H groups in total. The number of thioether (sulfide) groups is 1. The Kier molecular flexibility index (Phi) is 7.29. The number of aryl methyl sites for hydroxylation is 1. The molecule has 1 aliphatic heterocycles. The first-order valence-corrected chi connectivity index (χ1v) is 10.6. The van der Waals surface area contributed by atoms with Crippen molar-refractivity contribution in [2.24, 2.45) is 0 Å². The van der Waals surface area contributed by atoms with Crippen LogP contribution in [0.2, 0.25) is 0 Å². The second-order valence-corrected chi connectivity index (χ2v) is 8.03. The van der Waals surface area contributed by atoms with Crippen LogP contribution in [0.3, 0.4) is 0 Å². The van der Waals surface area contributed by atoms with Gasteiger partial charge in [-0.15, -0.1) is 0 Å². The highest BCUT2D eigenvalue weighted by molar-refractivity contribution is 7.98. The van der Waals surface area contributed by atoms with Gasteiger partial charge in [-0.3, -0.25) is 4.79 Å². The molecule has 1 atom stereocenters. The monoisotopic (exact) mass is 388 g/mol. The van der Waals surface area contributed by atoms with E-state index in [2.05, 4.69) is 27.3 Å². The molecule has 1 aliphatic rings. The third-order valence-electron chi connectivity index (χ3n) is 4.90. The number of likely N-dealkylation sites (tertiary alicyclic amines) is 1. The van der Waals surface area contributed by atoms with E-state index in [0.717, 1.165) is 29.4 Å². The van der Waals surface area contributed by atoms with E-state index in [4.69, 9.17) is 4.52 Å². The van der Waals surface area contributed by atoms with E-state index in [-0.39, 0.29) is 5.91 Å². The lowest BCUT2D eigenvalue weighted by atomic mass is 10.0. The summed E-state index contributed by atoms with van der Waals surface area (Å²) in [6, 6.07) is 6.19. The Bertz CT molecular complexity index is 749. The minimum atomic E-state index is -0.0615. The van der Waals surface area contributed by atoms with Crippen LogP contribution < -0.4 is 5.32 Å². The van der Waals surface area contributed by atoms with Crippen LogP contribution in [0.5, 0.6) is 0 Å². The van der Waals surface area contributed by atoms with Crippen molar-refractivity contribution >= 4 is 17.7 Å². The summed E-state index contributed by atoms with van der Waals surface area (Å²) >= 11 is 1.50. The number of rotatable bonds is 8. The maximum atomic E-state index is 12.6. The number of hydrogen-bond donors (Lipinski definition) is 1. The maximum absolute atomic E-state index is 12.6. The van der Waals surface area contributed by atoms with Gasteiger partial charge < -0.3 is 14.7 Å². The predicted molar refractivity (Wildman–Crippen MR) is 107 cm³/mol. The van der Waals surface area contributed by atoms with Crippen molar-refractivity contribution in [1.29, 1.82) is 0 Å². The van der Waals surface area contributed by atoms with Gasteiger partial charge in [-0.1, -0.05) is 23.3 Å². The Hall–Kier alpha value is -1.86. The molecule has 2 aromatic heterocycles. The van der Waals surface area contributed by atoms with Gasteiger partial charge in [0.05, 0.1) is 11.3 Å². The maximum Gasteiger partial charge on any atom is 0.254 e. The summed E-state index contributed by atoms with van der Waals surface area (Å²) in [5.74, 6) is 1.35. The molecular formula is C20H28N4O2S. The first kappa shape index (κ1) is 19.9. The van der Waals surface area contributed by atoms with Crippen LogP contribution in [0.4, 0.5) is 0 Å². The van der Waals surface area contributed by atoms with Gasteiger partial charge in [-0.2, -0.15) is 0 Å². The van der Waals surface area contributed by atoms with E-state index in [1.807, 2.05) is 19.1 Å². The highest BCUT2D eigenvalue weighted by Crippen LogP contribution is 2.24. The average molecular weight is 389 g/mol. The predicted octanol–water partition coefficient (Wildman–Crippen LogP) is 3.66. The minimum absolute atomic E-state index is 0.0615. The molecule has 3 rings (SSSR count). The van der Waals surface area contributed by atoms with Gasteiger partial charge in [0.25, 0.3) is 5.91 Å².